The molecule has 85 heavy (non-hydrogen) atoms. The van der Waals surface area contributed by atoms with Crippen molar-refractivity contribution in [1.82, 2.24) is 0 Å². The summed E-state index contributed by atoms with van der Waals surface area (Å²) < 4.78 is 15.1. The fraction of sp³-hybridized carbons (Fsp3) is 0. The summed E-state index contributed by atoms with van der Waals surface area (Å²) in [6.07, 6.45) is 0. The van der Waals surface area contributed by atoms with Crippen LogP contribution in [0.4, 0.5) is 51.2 Å². The number of fused-ring (bicyclic) bond motifs is 8. The molecule has 0 aliphatic carbocycles. The first-order valence-corrected chi connectivity index (χ1v) is 29.2. The van der Waals surface area contributed by atoms with Gasteiger partial charge in [-0.05, 0) is 121 Å². The summed E-state index contributed by atoms with van der Waals surface area (Å²) in [5.41, 5.74) is 25.5. The van der Waals surface area contributed by atoms with E-state index in [1.807, 2.05) is 0 Å². The number of benzene rings is 13. The van der Waals surface area contributed by atoms with Crippen molar-refractivity contribution in [2.45, 2.75) is 0 Å². The highest BCUT2D eigenvalue weighted by Crippen LogP contribution is 2.52. The standard InChI is InChI=1S/C78H51B2N3O2/c1-7-26-52(27-8-1)56-46-70-76-74(47-56)84-72-51-73-66(50-65(72)80(76)64-42-21-24-45-69(64)83(70)78-61(54-30-11-3-12-31-54)39-25-40-62(78)55-32-13-4-14-33-55)79-63-41-20-23-44-68(63)82(67-43-22-19-38-60(67)53-28-9-2-10-29-53)71-48-59(49-75(85-73)77(71)79)81(57-34-15-5-16-35-57)58-36-17-6-18-37-58/h1-51H. The maximum atomic E-state index is 7.57. The van der Waals surface area contributed by atoms with Gasteiger partial charge in [-0.1, -0.05) is 237 Å². The van der Waals surface area contributed by atoms with Gasteiger partial charge in [0.15, 0.2) is 0 Å². The lowest BCUT2D eigenvalue weighted by Crippen LogP contribution is -2.63. The Hall–Kier alpha value is -11.0. The molecule has 0 unspecified atom stereocenters. The van der Waals surface area contributed by atoms with E-state index in [1.165, 1.54) is 10.9 Å². The number of anilines is 9. The molecule has 5 nitrogen and oxygen atoms in total. The Balaban J connectivity index is 0.911. The van der Waals surface area contributed by atoms with E-state index < -0.39 is 0 Å². The molecular weight excluding hydrogens is 1030 g/mol. The molecule has 0 radical (unpaired) electrons. The molecule has 7 heteroatoms. The van der Waals surface area contributed by atoms with Gasteiger partial charge in [0.25, 0.3) is 13.4 Å². The summed E-state index contributed by atoms with van der Waals surface area (Å²) in [5, 5.41) is 0. The van der Waals surface area contributed by atoms with Crippen LogP contribution in [0.5, 0.6) is 23.0 Å². The number of nitrogens with zero attached hydrogens (tertiary/aromatic N) is 3. The molecule has 13 aromatic rings. The first kappa shape index (κ1) is 48.7. The van der Waals surface area contributed by atoms with Crippen LogP contribution in [0, 0.1) is 0 Å². The zero-order valence-electron chi connectivity index (χ0n) is 46.3. The highest BCUT2D eigenvalue weighted by Gasteiger charge is 2.47. The molecule has 4 aliphatic heterocycles. The zero-order valence-corrected chi connectivity index (χ0v) is 46.3. The highest BCUT2D eigenvalue weighted by molar-refractivity contribution is 7.02. The molecule has 0 amide bonds. The highest BCUT2D eigenvalue weighted by atomic mass is 16.5. The first-order valence-electron chi connectivity index (χ1n) is 29.2. The maximum Gasteiger partial charge on any atom is 0.256 e. The Bertz CT molecular complexity index is 4640. The van der Waals surface area contributed by atoms with Gasteiger partial charge in [-0.15, -0.1) is 0 Å². The van der Waals surface area contributed by atoms with Crippen LogP contribution >= 0.6 is 0 Å². The molecule has 4 heterocycles. The van der Waals surface area contributed by atoms with Crippen molar-refractivity contribution >= 4 is 97.4 Å². The number of hydrogen-bond acceptors (Lipinski definition) is 5. The largest absolute Gasteiger partial charge is 0.458 e. The summed E-state index contributed by atoms with van der Waals surface area (Å²) >= 11 is 0. The lowest BCUT2D eigenvalue weighted by atomic mass is 9.31. The van der Waals surface area contributed by atoms with Crippen molar-refractivity contribution in [3.05, 3.63) is 309 Å². The predicted octanol–water partition coefficient (Wildman–Crippen LogP) is 16.6. The fourth-order valence-corrected chi connectivity index (χ4v) is 13.9. The summed E-state index contributed by atoms with van der Waals surface area (Å²) in [5.74, 6) is 3.18. The van der Waals surface area contributed by atoms with Gasteiger partial charge in [0, 0.05) is 62.9 Å². The molecule has 4 aliphatic rings. The Morgan fingerprint density at radius 3 is 1.20 bits per heavy atom. The molecule has 13 aromatic carbocycles. The molecule has 396 valence electrons. The molecule has 0 fully saturated rings. The Kier molecular flexibility index (Phi) is 11.4. The molecule has 0 N–H and O–H groups in total. The van der Waals surface area contributed by atoms with E-state index in [-0.39, 0.29) is 13.4 Å². The number of rotatable bonds is 9. The zero-order chi connectivity index (χ0) is 56.0. The summed E-state index contributed by atoms with van der Waals surface area (Å²) in [6.45, 7) is -0.392. The van der Waals surface area contributed by atoms with E-state index in [1.54, 1.807) is 0 Å². The Morgan fingerprint density at radius 1 is 0.247 bits per heavy atom. The third-order valence-electron chi connectivity index (χ3n) is 17.5. The molecule has 0 atom stereocenters. The van der Waals surface area contributed by atoms with E-state index in [4.69, 9.17) is 9.47 Å². The normalized spacial score (nSPS) is 12.8. The van der Waals surface area contributed by atoms with Crippen molar-refractivity contribution in [3.8, 4) is 67.5 Å². The van der Waals surface area contributed by atoms with E-state index in [0.29, 0.717) is 0 Å². The van der Waals surface area contributed by atoms with E-state index in [0.717, 1.165) is 141 Å². The average molecular weight is 1080 g/mol. The van der Waals surface area contributed by atoms with Crippen LogP contribution in [0.15, 0.2) is 309 Å². The van der Waals surface area contributed by atoms with Crippen LogP contribution in [0.2, 0.25) is 0 Å². The van der Waals surface area contributed by atoms with Gasteiger partial charge < -0.3 is 24.2 Å². The minimum atomic E-state index is -0.200. The molecule has 17 rings (SSSR count). The summed E-state index contributed by atoms with van der Waals surface area (Å²) in [4.78, 5) is 7.35. The quantitative estimate of drug-likeness (QED) is 0.134. The van der Waals surface area contributed by atoms with E-state index in [9.17, 15) is 0 Å². The fourth-order valence-electron chi connectivity index (χ4n) is 13.9. The van der Waals surface area contributed by atoms with Gasteiger partial charge in [-0.2, -0.15) is 0 Å². The Morgan fingerprint density at radius 2 is 0.659 bits per heavy atom. The minimum Gasteiger partial charge on any atom is -0.458 e. The van der Waals surface area contributed by atoms with Gasteiger partial charge >= 0.3 is 0 Å². The average Bonchev–Trinajstić information content (AvgIpc) is 2.23. The van der Waals surface area contributed by atoms with Gasteiger partial charge in [0.2, 0.25) is 0 Å². The smallest absolute Gasteiger partial charge is 0.256 e. The number of ether oxygens (including phenoxy) is 2. The predicted molar refractivity (Wildman–Crippen MR) is 355 cm³/mol. The van der Waals surface area contributed by atoms with Gasteiger partial charge in [-0.3, -0.25) is 0 Å². The van der Waals surface area contributed by atoms with Crippen molar-refractivity contribution < 1.29 is 9.47 Å². The molecule has 0 saturated heterocycles. The minimum absolute atomic E-state index is 0.193. The number of hydrogen-bond donors (Lipinski definition) is 0. The second kappa shape index (κ2) is 19.9. The van der Waals surface area contributed by atoms with Crippen LogP contribution in [0.3, 0.4) is 0 Å². The first-order chi connectivity index (χ1) is 42.2. The van der Waals surface area contributed by atoms with Gasteiger partial charge in [-0.25, -0.2) is 0 Å². The topological polar surface area (TPSA) is 28.2 Å². The monoisotopic (exact) mass is 1080 g/mol. The van der Waals surface area contributed by atoms with Crippen LogP contribution in [-0.4, -0.2) is 13.4 Å². The van der Waals surface area contributed by atoms with Gasteiger partial charge in [0.05, 0.1) is 17.1 Å². The van der Waals surface area contributed by atoms with Crippen LogP contribution in [-0.2, 0) is 0 Å². The van der Waals surface area contributed by atoms with Crippen molar-refractivity contribution in [1.29, 1.82) is 0 Å². The van der Waals surface area contributed by atoms with Crippen LogP contribution < -0.4 is 57.0 Å². The lowest BCUT2D eigenvalue weighted by Gasteiger charge is -2.43. The van der Waals surface area contributed by atoms with Crippen molar-refractivity contribution in [3.63, 3.8) is 0 Å². The molecule has 0 bridgehead atoms. The second-order valence-electron chi connectivity index (χ2n) is 22.3. The molecular formula is C78H51B2N3O2. The SMILES string of the molecule is c1ccc(-c2cc3c4c(c2)N(c2c(-c5ccccc5)cccc2-c2ccccc2)c2ccccc2B4c2cc4c(cc2O3)Oc2cc(N(c3ccccc3)c3ccccc3)cc3c2B4c2ccccc2N3c2ccccc2-c2ccccc2)cc1. The van der Waals surface area contributed by atoms with Crippen molar-refractivity contribution in [2.24, 2.45) is 0 Å². The molecule has 0 aromatic heterocycles. The van der Waals surface area contributed by atoms with Crippen LogP contribution in [0.1, 0.15) is 0 Å². The van der Waals surface area contributed by atoms with Gasteiger partial charge in [0.1, 0.15) is 23.0 Å². The lowest BCUT2D eigenvalue weighted by molar-refractivity contribution is 0.466. The summed E-state index contributed by atoms with van der Waals surface area (Å²) in [7, 11) is 0. The maximum absolute atomic E-state index is 7.57. The summed E-state index contributed by atoms with van der Waals surface area (Å²) in [6, 6.07) is 112. The van der Waals surface area contributed by atoms with E-state index in [2.05, 4.69) is 324 Å². The third kappa shape index (κ3) is 7.88. The van der Waals surface area contributed by atoms with Crippen molar-refractivity contribution in [2.75, 3.05) is 14.7 Å². The Labute approximate surface area is 495 Å². The molecule has 0 spiro atoms. The second-order valence-corrected chi connectivity index (χ2v) is 22.3. The number of para-hydroxylation sites is 6. The van der Waals surface area contributed by atoms with E-state index >= 15 is 0 Å². The van der Waals surface area contributed by atoms with Crippen LogP contribution in [0.25, 0.3) is 44.5 Å². The molecule has 0 saturated carbocycles. The third-order valence-corrected chi connectivity index (χ3v) is 17.5.